The summed E-state index contributed by atoms with van der Waals surface area (Å²) in [5, 5.41) is 0. The van der Waals surface area contributed by atoms with Gasteiger partial charge >= 0.3 is 65.1 Å². The van der Waals surface area contributed by atoms with Gasteiger partial charge in [0.25, 0.3) is 0 Å². The Morgan fingerprint density at radius 2 is 0.500 bits per heavy atom. The Balaban J connectivity index is 0. The summed E-state index contributed by atoms with van der Waals surface area (Å²) in [6, 6.07) is 0. The standard InChI is InChI=1S/5O.Sn.Ti.Zn/q5*-2;2*+4;+2. The molecule has 0 radical (unpaired) electrons. The first-order valence-corrected chi connectivity index (χ1v) is 0. The molecule has 0 aromatic carbocycles. The molecule has 0 aliphatic rings. The fraction of sp³-hybridized carbons (Fsp3) is 0. The van der Waals surface area contributed by atoms with Gasteiger partial charge in [-0.05, 0) is 0 Å². The molecule has 8 heteroatoms. The molecule has 0 saturated carbocycles. The fourth-order valence-corrected chi connectivity index (χ4v) is 0. The molecule has 0 aromatic heterocycles. The van der Waals surface area contributed by atoms with Gasteiger partial charge in [0.1, 0.15) is 0 Å². The summed E-state index contributed by atoms with van der Waals surface area (Å²) in [6.45, 7) is 0. The predicted molar refractivity (Wildman–Crippen MR) is 9.19 cm³/mol. The topological polar surface area (TPSA) is 142 Å². The van der Waals surface area contributed by atoms with Crippen LogP contribution in [0.3, 0.4) is 0 Å². The Labute approximate surface area is 91.7 Å². The fourth-order valence-electron chi connectivity index (χ4n) is 0. The second kappa shape index (κ2) is 150. The Hall–Kier alpha value is 1.94. The van der Waals surface area contributed by atoms with Crippen molar-refractivity contribution in [2.45, 2.75) is 0 Å². The van der Waals surface area contributed by atoms with Gasteiger partial charge in [0.2, 0.25) is 0 Å². The summed E-state index contributed by atoms with van der Waals surface area (Å²) < 4.78 is 0. The molecule has 0 atom stereocenters. The minimum Gasteiger partial charge on any atom is -2.00 e. The van der Waals surface area contributed by atoms with Crippen molar-refractivity contribution in [2.24, 2.45) is 0 Å². The molecule has 40 valence electrons. The average molecular weight is 312 g/mol. The third kappa shape index (κ3) is 102. The maximum absolute atomic E-state index is 0. The predicted octanol–water partition coefficient (Wildman–Crippen LogP) is -0.980. The molecule has 0 aliphatic carbocycles. The van der Waals surface area contributed by atoms with Gasteiger partial charge in [0, 0.05) is 0 Å². The summed E-state index contributed by atoms with van der Waals surface area (Å²) in [7, 11) is 0. The summed E-state index contributed by atoms with van der Waals surface area (Å²) in [5.41, 5.74) is 0. The minimum atomic E-state index is 0. The van der Waals surface area contributed by atoms with Crippen molar-refractivity contribution in [3.8, 4) is 0 Å². The summed E-state index contributed by atoms with van der Waals surface area (Å²) >= 11 is 0. The monoisotopic (exact) mass is 312 g/mol. The van der Waals surface area contributed by atoms with Crippen LogP contribution in [0.4, 0.5) is 0 Å². The van der Waals surface area contributed by atoms with Crippen molar-refractivity contribution in [3.05, 3.63) is 0 Å². The van der Waals surface area contributed by atoms with Gasteiger partial charge in [-0.15, -0.1) is 0 Å². The zero-order valence-corrected chi connectivity index (χ0v) is 11.1. The van der Waals surface area contributed by atoms with Gasteiger partial charge in [0.05, 0.1) is 0 Å². The third-order valence-electron chi connectivity index (χ3n) is 0. The number of hydrogen-bond donors (Lipinski definition) is 0. The van der Waals surface area contributed by atoms with Gasteiger partial charge in [-0.3, -0.25) is 0 Å². The molecule has 0 fully saturated rings. The molecule has 0 amide bonds. The van der Waals surface area contributed by atoms with Crippen molar-refractivity contribution < 1.29 is 68.6 Å². The zero-order valence-electron chi connectivity index (χ0n) is 3.75. The Morgan fingerprint density at radius 3 is 0.500 bits per heavy atom. The van der Waals surface area contributed by atoms with E-state index in [2.05, 4.69) is 0 Å². The molecule has 0 unspecified atom stereocenters. The van der Waals surface area contributed by atoms with E-state index in [0.29, 0.717) is 0 Å². The van der Waals surface area contributed by atoms with Gasteiger partial charge in [-0.2, -0.15) is 0 Å². The average Bonchev–Trinajstić information content (AvgIpc) is 0. The Bertz CT molecular complexity index is 12.4. The van der Waals surface area contributed by atoms with E-state index in [1.54, 1.807) is 0 Å². The van der Waals surface area contributed by atoms with Crippen LogP contribution >= 0.6 is 0 Å². The first-order chi connectivity index (χ1) is 0. The molecular weight excluding hydrogens is 312 g/mol. The van der Waals surface area contributed by atoms with Crippen LogP contribution < -0.4 is 0 Å². The second-order valence-corrected chi connectivity index (χ2v) is 0. The van der Waals surface area contributed by atoms with E-state index in [0.717, 1.165) is 0 Å². The summed E-state index contributed by atoms with van der Waals surface area (Å²) in [6.07, 6.45) is 0. The molecule has 5 nitrogen and oxygen atoms in total. The number of hydrogen-bond acceptors (Lipinski definition) is 0. The van der Waals surface area contributed by atoms with Gasteiger partial charge < -0.3 is 27.4 Å². The molecule has 0 bridgehead atoms. The Morgan fingerprint density at radius 1 is 0.500 bits per heavy atom. The van der Waals surface area contributed by atoms with Crippen molar-refractivity contribution >= 4 is 23.9 Å². The van der Waals surface area contributed by atoms with Crippen LogP contribution in [0.1, 0.15) is 0 Å². The maximum Gasteiger partial charge on any atom is 4.00 e. The molecule has 0 heterocycles. The van der Waals surface area contributed by atoms with E-state index in [-0.39, 0.29) is 92.5 Å². The minimum absolute atomic E-state index is 0. The van der Waals surface area contributed by atoms with Crippen LogP contribution in [0, 0.1) is 0 Å². The maximum atomic E-state index is 0. The van der Waals surface area contributed by atoms with Crippen LogP contribution in [-0.2, 0) is 68.6 Å². The first kappa shape index (κ1) is 212. The molecular formula is O5SnTiZn. The third-order valence-corrected chi connectivity index (χ3v) is 0. The molecule has 0 rings (SSSR count). The summed E-state index contributed by atoms with van der Waals surface area (Å²) in [5.74, 6) is 0. The molecule has 0 N–H and O–H groups in total. The van der Waals surface area contributed by atoms with Crippen molar-refractivity contribution in [3.63, 3.8) is 0 Å². The molecule has 8 heavy (non-hydrogen) atoms. The Kier molecular flexibility index (Phi) is 3970. The van der Waals surface area contributed by atoms with Gasteiger partial charge in [-0.25, -0.2) is 0 Å². The van der Waals surface area contributed by atoms with E-state index in [9.17, 15) is 0 Å². The van der Waals surface area contributed by atoms with Crippen LogP contribution in [0.5, 0.6) is 0 Å². The van der Waals surface area contributed by atoms with Crippen LogP contribution in [0.25, 0.3) is 0 Å². The van der Waals surface area contributed by atoms with Crippen molar-refractivity contribution in [1.82, 2.24) is 0 Å². The van der Waals surface area contributed by atoms with Crippen molar-refractivity contribution in [1.29, 1.82) is 0 Å². The van der Waals surface area contributed by atoms with Gasteiger partial charge in [-0.1, -0.05) is 0 Å². The zero-order chi connectivity index (χ0) is 0. The molecule has 0 saturated heterocycles. The van der Waals surface area contributed by atoms with Crippen LogP contribution in [-0.4, -0.2) is 23.9 Å². The molecule has 0 spiro atoms. The normalized spacial score (nSPS) is 0. The van der Waals surface area contributed by atoms with Crippen LogP contribution in [0.2, 0.25) is 0 Å². The van der Waals surface area contributed by atoms with E-state index < -0.39 is 0 Å². The van der Waals surface area contributed by atoms with E-state index in [4.69, 9.17) is 0 Å². The van der Waals surface area contributed by atoms with E-state index in [1.165, 1.54) is 0 Å². The largest absolute Gasteiger partial charge is 4.00 e. The SMILES string of the molecule is [O-2].[O-2].[O-2].[O-2].[O-2].[Sn+4].[Ti+4].[Zn+2]. The van der Waals surface area contributed by atoms with E-state index in [1.807, 2.05) is 0 Å². The van der Waals surface area contributed by atoms with E-state index >= 15 is 0 Å². The smallest absolute Gasteiger partial charge is 2.00 e. The van der Waals surface area contributed by atoms with Crippen LogP contribution in [0.15, 0.2) is 0 Å². The molecule has 0 aromatic rings. The van der Waals surface area contributed by atoms with Crippen molar-refractivity contribution in [2.75, 3.05) is 0 Å². The van der Waals surface area contributed by atoms with Gasteiger partial charge in [0.15, 0.2) is 0 Å². The number of rotatable bonds is 0. The quantitative estimate of drug-likeness (QED) is 0.507. The first-order valence-electron chi connectivity index (χ1n) is 0. The second-order valence-electron chi connectivity index (χ2n) is 0. The molecule has 0 aliphatic heterocycles. The summed E-state index contributed by atoms with van der Waals surface area (Å²) in [4.78, 5) is 0.